The van der Waals surface area contributed by atoms with E-state index in [1.807, 2.05) is 6.92 Å². The van der Waals surface area contributed by atoms with Crippen molar-refractivity contribution in [3.8, 4) is 0 Å². The molecule has 1 saturated carbocycles. The molecule has 1 fully saturated rings. The van der Waals surface area contributed by atoms with Gasteiger partial charge in [-0.15, -0.1) is 0 Å². The van der Waals surface area contributed by atoms with E-state index in [1.165, 1.54) is 28.8 Å². The molecule has 0 aliphatic heterocycles. The Labute approximate surface area is 118 Å². The molecule has 0 aromatic heterocycles. The van der Waals surface area contributed by atoms with E-state index in [1.54, 1.807) is 0 Å². The van der Waals surface area contributed by atoms with Crippen molar-refractivity contribution in [3.63, 3.8) is 0 Å². The van der Waals surface area contributed by atoms with Crippen molar-refractivity contribution in [2.45, 2.75) is 38.2 Å². The summed E-state index contributed by atoms with van der Waals surface area (Å²) in [5.74, 6) is 0.419. The van der Waals surface area contributed by atoms with Crippen molar-refractivity contribution in [1.82, 2.24) is 0 Å². The summed E-state index contributed by atoms with van der Waals surface area (Å²) >= 11 is 0. The number of hydrogen-bond acceptors (Lipinski definition) is 1. The quantitative estimate of drug-likeness (QED) is 0.830. The molecule has 100 valence electrons. The molecule has 1 aliphatic rings. The average Bonchev–Trinajstić information content (AvgIpc) is 2.92. The van der Waals surface area contributed by atoms with Crippen LogP contribution in [0.1, 0.15) is 38.2 Å². The Balaban J connectivity index is 2.02. The van der Waals surface area contributed by atoms with E-state index in [-0.39, 0.29) is 0 Å². The minimum atomic E-state index is -0.676. The fourth-order valence-electron chi connectivity index (χ4n) is 3.40. The van der Waals surface area contributed by atoms with Crippen molar-refractivity contribution in [1.29, 1.82) is 0 Å². The number of aliphatic hydroxyl groups is 1. The van der Waals surface area contributed by atoms with Crippen LogP contribution >= 0.6 is 0 Å². The smallest absolute Gasteiger partial charge is 0.0896 e. The van der Waals surface area contributed by atoms with Crippen LogP contribution in [0.15, 0.2) is 36.4 Å². The SMILES string of the molecule is CC(O)(c1ccc2cc([SiH3])ccc2c1)C1CCCC1. The van der Waals surface area contributed by atoms with Gasteiger partial charge >= 0.3 is 0 Å². The lowest BCUT2D eigenvalue weighted by atomic mass is 9.81. The van der Waals surface area contributed by atoms with E-state index in [2.05, 4.69) is 36.4 Å². The van der Waals surface area contributed by atoms with Crippen molar-refractivity contribution >= 4 is 26.2 Å². The van der Waals surface area contributed by atoms with Crippen LogP contribution in [0.3, 0.4) is 0 Å². The van der Waals surface area contributed by atoms with Gasteiger partial charge in [-0.3, -0.25) is 0 Å². The second-order valence-electron chi connectivity index (χ2n) is 6.19. The molecule has 0 spiro atoms. The lowest BCUT2D eigenvalue weighted by Gasteiger charge is -2.31. The lowest BCUT2D eigenvalue weighted by Crippen LogP contribution is -2.29. The molecule has 2 heteroatoms. The molecule has 1 N–H and O–H groups in total. The normalized spacial score (nSPS) is 19.9. The van der Waals surface area contributed by atoms with Crippen molar-refractivity contribution in [3.05, 3.63) is 42.0 Å². The Morgan fingerprint density at radius 1 is 1.05 bits per heavy atom. The minimum Gasteiger partial charge on any atom is -0.385 e. The second-order valence-corrected chi connectivity index (χ2v) is 7.35. The summed E-state index contributed by atoms with van der Waals surface area (Å²) in [5.41, 5.74) is 0.401. The van der Waals surface area contributed by atoms with Gasteiger partial charge in [0.1, 0.15) is 0 Å². The lowest BCUT2D eigenvalue weighted by molar-refractivity contribution is -0.00320. The first-order valence-corrected chi connectivity index (χ1v) is 8.30. The maximum atomic E-state index is 10.9. The molecule has 3 rings (SSSR count). The Kier molecular flexibility index (Phi) is 3.23. The van der Waals surface area contributed by atoms with Gasteiger partial charge < -0.3 is 5.11 Å². The highest BCUT2D eigenvalue weighted by Crippen LogP contribution is 2.40. The predicted octanol–water partition coefficient (Wildman–Crippen LogP) is 2.23. The molecule has 1 atom stereocenters. The van der Waals surface area contributed by atoms with Gasteiger partial charge in [-0.05, 0) is 48.1 Å². The zero-order valence-electron chi connectivity index (χ0n) is 11.8. The molecule has 2 aromatic rings. The van der Waals surface area contributed by atoms with Gasteiger partial charge in [0.05, 0.1) is 5.60 Å². The maximum Gasteiger partial charge on any atom is 0.0896 e. The molecule has 0 heterocycles. The van der Waals surface area contributed by atoms with E-state index in [9.17, 15) is 5.11 Å². The Morgan fingerprint density at radius 3 is 2.42 bits per heavy atom. The standard InChI is InChI=1S/C17H22OSi/c1-17(18,14-4-2-3-5-14)15-8-6-13-11-16(19)9-7-12(13)10-15/h6-11,14,18H,2-5H2,1,19H3. The predicted molar refractivity (Wildman–Crippen MR) is 85.0 cm³/mol. The molecule has 0 bridgehead atoms. The molecular formula is C17H22OSi. The Morgan fingerprint density at radius 2 is 1.68 bits per heavy atom. The minimum absolute atomic E-state index is 0.419. The molecule has 2 aromatic carbocycles. The topological polar surface area (TPSA) is 20.2 Å². The molecule has 0 saturated heterocycles. The van der Waals surface area contributed by atoms with Gasteiger partial charge in [-0.1, -0.05) is 48.4 Å². The van der Waals surface area contributed by atoms with E-state index < -0.39 is 5.60 Å². The summed E-state index contributed by atoms with van der Waals surface area (Å²) in [7, 11) is 1.09. The monoisotopic (exact) mass is 270 g/mol. The summed E-state index contributed by atoms with van der Waals surface area (Å²) in [5, 5.41) is 14.9. The first kappa shape index (κ1) is 12.9. The zero-order valence-corrected chi connectivity index (χ0v) is 13.8. The van der Waals surface area contributed by atoms with Crippen LogP contribution in [-0.4, -0.2) is 15.3 Å². The third kappa shape index (κ3) is 2.35. The summed E-state index contributed by atoms with van der Waals surface area (Å²) < 4.78 is 0. The number of benzene rings is 2. The van der Waals surface area contributed by atoms with Gasteiger partial charge in [-0.2, -0.15) is 0 Å². The zero-order chi connectivity index (χ0) is 13.5. The van der Waals surface area contributed by atoms with Crippen molar-refractivity contribution in [2.24, 2.45) is 5.92 Å². The average molecular weight is 270 g/mol. The van der Waals surface area contributed by atoms with E-state index >= 15 is 0 Å². The summed E-state index contributed by atoms with van der Waals surface area (Å²) in [6, 6.07) is 13.1. The van der Waals surface area contributed by atoms with Crippen LogP contribution in [0, 0.1) is 5.92 Å². The highest BCUT2D eigenvalue weighted by molar-refractivity contribution is 6.33. The van der Waals surface area contributed by atoms with Gasteiger partial charge in [0, 0.05) is 10.2 Å². The third-order valence-electron chi connectivity index (χ3n) is 4.73. The van der Waals surface area contributed by atoms with Crippen LogP contribution < -0.4 is 5.19 Å². The van der Waals surface area contributed by atoms with Crippen LogP contribution in [0.5, 0.6) is 0 Å². The van der Waals surface area contributed by atoms with Gasteiger partial charge in [0.15, 0.2) is 0 Å². The fraction of sp³-hybridized carbons (Fsp3) is 0.412. The summed E-state index contributed by atoms with van der Waals surface area (Å²) in [4.78, 5) is 0. The summed E-state index contributed by atoms with van der Waals surface area (Å²) in [6.45, 7) is 1.99. The Hall–Kier alpha value is -1.12. The first-order valence-electron chi connectivity index (χ1n) is 7.30. The van der Waals surface area contributed by atoms with Crippen molar-refractivity contribution < 1.29 is 5.11 Å². The second kappa shape index (κ2) is 4.77. The van der Waals surface area contributed by atoms with Gasteiger partial charge in [-0.25, -0.2) is 0 Å². The highest BCUT2D eigenvalue weighted by atomic mass is 28.1. The third-order valence-corrected chi connectivity index (χ3v) is 5.35. The van der Waals surface area contributed by atoms with Crippen LogP contribution in [-0.2, 0) is 5.60 Å². The number of rotatable bonds is 2. The van der Waals surface area contributed by atoms with E-state index in [4.69, 9.17) is 0 Å². The maximum absolute atomic E-state index is 10.9. The van der Waals surface area contributed by atoms with Gasteiger partial charge in [0.25, 0.3) is 0 Å². The fourth-order valence-corrected chi connectivity index (χ4v) is 3.88. The number of hydrogen-bond donors (Lipinski definition) is 1. The molecule has 0 radical (unpaired) electrons. The van der Waals surface area contributed by atoms with E-state index in [0.29, 0.717) is 5.92 Å². The molecule has 1 nitrogen and oxygen atoms in total. The molecule has 0 amide bonds. The van der Waals surface area contributed by atoms with Crippen molar-refractivity contribution in [2.75, 3.05) is 0 Å². The van der Waals surface area contributed by atoms with Crippen LogP contribution in [0.4, 0.5) is 0 Å². The Bertz CT molecular complexity index is 597. The van der Waals surface area contributed by atoms with Gasteiger partial charge in [0.2, 0.25) is 0 Å². The van der Waals surface area contributed by atoms with E-state index in [0.717, 1.165) is 28.6 Å². The first-order chi connectivity index (χ1) is 9.07. The summed E-state index contributed by atoms with van der Waals surface area (Å²) in [6.07, 6.45) is 4.84. The van der Waals surface area contributed by atoms with Crippen LogP contribution in [0.2, 0.25) is 0 Å². The highest BCUT2D eigenvalue weighted by Gasteiger charge is 2.35. The van der Waals surface area contributed by atoms with Crippen LogP contribution in [0.25, 0.3) is 10.8 Å². The molecule has 19 heavy (non-hydrogen) atoms. The molecule has 1 aliphatic carbocycles. The molecule has 1 unspecified atom stereocenters. The molecular weight excluding hydrogens is 248 g/mol. The largest absolute Gasteiger partial charge is 0.385 e. The number of fused-ring (bicyclic) bond motifs is 1.